The zero-order valence-electron chi connectivity index (χ0n) is 37.7. The third kappa shape index (κ3) is 12.8. The van der Waals surface area contributed by atoms with Crippen molar-refractivity contribution in [3.05, 3.63) is 166 Å². The van der Waals surface area contributed by atoms with Crippen molar-refractivity contribution in [1.29, 1.82) is 0 Å². The summed E-state index contributed by atoms with van der Waals surface area (Å²) in [7, 11) is 0. The predicted molar refractivity (Wildman–Crippen MR) is 251 cm³/mol. The Labute approximate surface area is 383 Å². The first-order valence-corrected chi connectivity index (χ1v) is 21.8. The molecule has 0 fully saturated rings. The molecular formula is C54H64Cl2F2Zr-4. The van der Waals surface area contributed by atoms with Crippen molar-refractivity contribution >= 4 is 40.2 Å². The first kappa shape index (κ1) is 52.2. The fourth-order valence-electron chi connectivity index (χ4n) is 7.74. The molecule has 1 atom stereocenters. The molecule has 0 aliphatic heterocycles. The van der Waals surface area contributed by atoms with Crippen LogP contribution < -0.4 is 0 Å². The fraction of sp³-hybridized carbons (Fsp3) is 0.389. The summed E-state index contributed by atoms with van der Waals surface area (Å²) in [6, 6.07) is 27.1. The Morgan fingerprint density at radius 2 is 1.17 bits per heavy atom. The van der Waals surface area contributed by atoms with Gasteiger partial charge >= 0.3 is 28.4 Å². The number of allylic oxidation sites excluding steroid dienone is 8. The second-order valence-corrected chi connectivity index (χ2v) is 19.6. The van der Waals surface area contributed by atoms with E-state index >= 15 is 0 Å². The van der Waals surface area contributed by atoms with Gasteiger partial charge in [-0.25, -0.2) is 11.6 Å². The van der Waals surface area contributed by atoms with Crippen molar-refractivity contribution in [2.24, 2.45) is 22.2 Å². The molecule has 4 aliphatic carbocycles. The van der Waals surface area contributed by atoms with E-state index in [1.807, 2.05) is 0 Å². The molecule has 4 aliphatic rings. The predicted octanol–water partition coefficient (Wildman–Crippen LogP) is 15.5. The molecular weight excluding hydrogens is 849 g/mol. The number of halogens is 4. The van der Waals surface area contributed by atoms with Crippen LogP contribution in [0.15, 0.2) is 96.6 Å². The van der Waals surface area contributed by atoms with Crippen LogP contribution in [-0.2, 0) is 41.5 Å². The van der Waals surface area contributed by atoms with E-state index in [0.717, 1.165) is 6.42 Å². The van der Waals surface area contributed by atoms with Crippen LogP contribution in [0.5, 0.6) is 0 Å². The number of hydrogen-bond donors (Lipinski definition) is 0. The van der Waals surface area contributed by atoms with Crippen LogP contribution >= 0.6 is 24.8 Å². The summed E-state index contributed by atoms with van der Waals surface area (Å²) < 4.78 is 27.1. The van der Waals surface area contributed by atoms with E-state index in [1.165, 1.54) is 110 Å². The SMILES string of the molecule is CC(C)(C)C1=[C-]C(C)(C)c2cc3c(cc21)-c1cc2c(cc1C3)C(C)(C)C=C2C(C)(C)C.CC1[C-]=CC(C(C)(C)C)=C1.Cl.Cl.Fc1c[c-]ccc1.Fc1c[c-]ccc1.[CH2]=[Zr]. The molecule has 0 saturated heterocycles. The normalized spacial score (nSPS) is 16.9. The summed E-state index contributed by atoms with van der Waals surface area (Å²) in [6.07, 6.45) is 15.1. The molecule has 0 radical (unpaired) electrons. The third-order valence-corrected chi connectivity index (χ3v) is 10.7. The molecule has 0 aromatic heterocycles. The molecule has 0 heterocycles. The quantitative estimate of drug-likeness (QED) is 0.136. The summed E-state index contributed by atoms with van der Waals surface area (Å²) in [5.74, 6) is 0.0548. The molecule has 0 bridgehead atoms. The molecule has 0 amide bonds. The zero-order chi connectivity index (χ0) is 42.7. The standard InChI is InChI=1S/C31H37.C10H15.2C6H4F.CH2.2ClH.Zr/c1-28(2,3)26-16-30(7,8)24-12-18-11-19-13-25-23(15-21(19)20(18)14-22(24)26)27(29(4,5)6)17-31(25,9)10;1-8-5-6-9(7-8)10(2,3)4;2*7-6-4-2-1-3-5-6;;;;/h12-16H,11H2,1-10H3;6-8H,1-4H3;2*1-2,4-5H;1H2;2*1H;/q4*-1;;;;. The molecule has 0 N–H and O–H groups in total. The van der Waals surface area contributed by atoms with Crippen molar-refractivity contribution in [2.45, 2.75) is 114 Å². The van der Waals surface area contributed by atoms with Crippen LogP contribution in [0.1, 0.15) is 130 Å². The number of rotatable bonds is 0. The van der Waals surface area contributed by atoms with Gasteiger partial charge in [0, 0.05) is 17.0 Å². The Kier molecular flexibility index (Phi) is 17.9. The van der Waals surface area contributed by atoms with Crippen LogP contribution in [-0.4, -0.2) is 4.21 Å². The Hall–Kier alpha value is -2.97. The minimum absolute atomic E-state index is 0. The van der Waals surface area contributed by atoms with Crippen LogP contribution in [0.2, 0.25) is 0 Å². The van der Waals surface area contributed by atoms with Gasteiger partial charge in [0.1, 0.15) is 0 Å². The molecule has 59 heavy (non-hydrogen) atoms. The van der Waals surface area contributed by atoms with Crippen LogP contribution in [0.4, 0.5) is 8.78 Å². The Balaban J connectivity index is 0.000000348. The summed E-state index contributed by atoms with van der Waals surface area (Å²) in [6.45, 7) is 32.2. The molecule has 5 heteroatoms. The van der Waals surface area contributed by atoms with Crippen molar-refractivity contribution < 1.29 is 33.0 Å². The van der Waals surface area contributed by atoms with E-state index in [9.17, 15) is 8.78 Å². The summed E-state index contributed by atoms with van der Waals surface area (Å²) in [4.78, 5) is 0. The average Bonchev–Trinajstić information content (AvgIpc) is 3.86. The average molecular weight is 913 g/mol. The molecule has 0 nitrogen and oxygen atoms in total. The molecule has 4 aromatic carbocycles. The number of benzene rings is 4. The van der Waals surface area contributed by atoms with Gasteiger partial charge in [-0.05, 0) is 62.3 Å². The maximum atomic E-state index is 11.9. The van der Waals surface area contributed by atoms with Gasteiger partial charge in [-0.1, -0.05) is 132 Å². The number of fused-ring (bicyclic) bond motifs is 5. The topological polar surface area (TPSA) is 0 Å². The van der Waals surface area contributed by atoms with E-state index in [0.29, 0.717) is 11.3 Å². The second kappa shape index (κ2) is 20.3. The van der Waals surface area contributed by atoms with E-state index in [2.05, 4.69) is 168 Å². The molecule has 0 saturated carbocycles. The van der Waals surface area contributed by atoms with Crippen LogP contribution in [0, 0.1) is 58.1 Å². The van der Waals surface area contributed by atoms with E-state index in [4.69, 9.17) is 0 Å². The molecule has 4 aromatic rings. The Morgan fingerprint density at radius 1 is 0.678 bits per heavy atom. The van der Waals surface area contributed by atoms with E-state index < -0.39 is 0 Å². The zero-order valence-corrected chi connectivity index (χ0v) is 41.8. The first-order chi connectivity index (χ1) is 26.4. The van der Waals surface area contributed by atoms with Gasteiger partial charge in [0.15, 0.2) is 0 Å². The van der Waals surface area contributed by atoms with Gasteiger partial charge in [-0.3, -0.25) is 20.9 Å². The van der Waals surface area contributed by atoms with Crippen LogP contribution in [0.25, 0.3) is 22.3 Å². The second-order valence-electron chi connectivity index (χ2n) is 19.6. The van der Waals surface area contributed by atoms with Gasteiger partial charge in [-0.15, -0.1) is 60.7 Å². The van der Waals surface area contributed by atoms with Crippen molar-refractivity contribution in [1.82, 2.24) is 0 Å². The fourth-order valence-corrected chi connectivity index (χ4v) is 7.74. The van der Waals surface area contributed by atoms with Crippen molar-refractivity contribution in [3.8, 4) is 11.1 Å². The number of hydrogen-bond acceptors (Lipinski definition) is 0. The molecule has 1 unspecified atom stereocenters. The van der Waals surface area contributed by atoms with Gasteiger partial charge in [-0.2, -0.15) is 53.6 Å². The summed E-state index contributed by atoms with van der Waals surface area (Å²) in [5, 5.41) is 0. The van der Waals surface area contributed by atoms with Crippen molar-refractivity contribution in [3.63, 3.8) is 0 Å². The van der Waals surface area contributed by atoms with Gasteiger partial charge < -0.3 is 0 Å². The van der Waals surface area contributed by atoms with Gasteiger partial charge in [0.25, 0.3) is 0 Å². The van der Waals surface area contributed by atoms with E-state index in [-0.39, 0.29) is 58.1 Å². The third-order valence-electron chi connectivity index (χ3n) is 10.7. The Morgan fingerprint density at radius 3 is 1.53 bits per heavy atom. The summed E-state index contributed by atoms with van der Waals surface area (Å²) in [5.41, 5.74) is 16.6. The van der Waals surface area contributed by atoms with Crippen molar-refractivity contribution in [2.75, 3.05) is 0 Å². The minimum atomic E-state index is -0.234. The maximum absolute atomic E-state index is 11.9. The van der Waals surface area contributed by atoms with Gasteiger partial charge in [0.2, 0.25) is 0 Å². The monoisotopic (exact) mass is 910 g/mol. The first-order valence-electron chi connectivity index (χ1n) is 20.0. The molecule has 8 rings (SSSR count). The summed E-state index contributed by atoms with van der Waals surface area (Å²) >= 11 is 1.30. The van der Waals surface area contributed by atoms with E-state index in [1.54, 1.807) is 24.3 Å². The van der Waals surface area contributed by atoms with Gasteiger partial charge in [0.05, 0.1) is 0 Å². The molecule has 316 valence electrons. The Bertz CT molecular complexity index is 2030. The van der Waals surface area contributed by atoms with Crippen LogP contribution in [0.3, 0.4) is 0 Å². The molecule has 0 spiro atoms.